The maximum atomic E-state index is 5.97. The lowest BCUT2D eigenvalue weighted by atomic mass is 10.2. The van der Waals surface area contributed by atoms with Gasteiger partial charge in [-0.05, 0) is 32.5 Å². The van der Waals surface area contributed by atoms with E-state index in [2.05, 4.69) is 56.0 Å². The zero-order valence-corrected chi connectivity index (χ0v) is 14.4. The summed E-state index contributed by atoms with van der Waals surface area (Å²) in [6, 6.07) is 2.61. The van der Waals surface area contributed by atoms with Gasteiger partial charge in [0.05, 0.1) is 24.3 Å². The maximum absolute atomic E-state index is 5.97. The summed E-state index contributed by atoms with van der Waals surface area (Å²) in [6.45, 7) is 11.0. The highest BCUT2D eigenvalue weighted by molar-refractivity contribution is 7.09. The molecule has 0 saturated carbocycles. The summed E-state index contributed by atoms with van der Waals surface area (Å²) < 4.78 is 5.97. The highest BCUT2D eigenvalue weighted by Crippen LogP contribution is 2.19. The first-order valence-corrected chi connectivity index (χ1v) is 8.22. The standard InChI is InChI=1S/C16H25N3OS/c1-11(2)17-7-15-12(3)6-14(20-15)8-19(5)9-16-13(4)18-10-21-16/h6,10-11,17H,7-9H2,1-5H3. The third kappa shape index (κ3) is 4.66. The molecule has 4 nitrogen and oxygen atoms in total. The van der Waals surface area contributed by atoms with E-state index in [1.807, 2.05) is 5.51 Å². The topological polar surface area (TPSA) is 41.3 Å². The van der Waals surface area contributed by atoms with Gasteiger partial charge in [-0.2, -0.15) is 0 Å². The Morgan fingerprint density at radius 3 is 2.71 bits per heavy atom. The normalized spacial score (nSPS) is 11.8. The Morgan fingerprint density at radius 2 is 2.10 bits per heavy atom. The average molecular weight is 307 g/mol. The van der Waals surface area contributed by atoms with Gasteiger partial charge >= 0.3 is 0 Å². The summed E-state index contributed by atoms with van der Waals surface area (Å²) >= 11 is 1.71. The second kappa shape index (κ2) is 7.20. The maximum Gasteiger partial charge on any atom is 0.120 e. The highest BCUT2D eigenvalue weighted by atomic mass is 32.1. The number of thiazole rings is 1. The molecule has 2 rings (SSSR count). The van der Waals surface area contributed by atoms with Crippen molar-refractivity contribution in [2.45, 2.75) is 53.4 Å². The van der Waals surface area contributed by atoms with Crippen molar-refractivity contribution in [3.05, 3.63) is 39.2 Å². The van der Waals surface area contributed by atoms with Gasteiger partial charge in [0, 0.05) is 17.5 Å². The Kier molecular flexibility index (Phi) is 5.56. The number of nitrogens with one attached hydrogen (secondary N) is 1. The SMILES string of the molecule is Cc1cc(CN(C)Cc2scnc2C)oc1CNC(C)C. The average Bonchev–Trinajstić information content (AvgIpc) is 2.94. The molecule has 0 saturated heterocycles. The van der Waals surface area contributed by atoms with Crippen LogP contribution in [-0.4, -0.2) is 23.0 Å². The molecule has 1 N–H and O–H groups in total. The van der Waals surface area contributed by atoms with Crippen molar-refractivity contribution in [1.82, 2.24) is 15.2 Å². The minimum absolute atomic E-state index is 0.468. The lowest BCUT2D eigenvalue weighted by Gasteiger charge is -2.14. The summed E-state index contributed by atoms with van der Waals surface area (Å²) in [5, 5.41) is 3.40. The number of rotatable bonds is 7. The molecule has 21 heavy (non-hydrogen) atoms. The minimum atomic E-state index is 0.468. The third-order valence-corrected chi connectivity index (χ3v) is 4.35. The predicted octanol–water partition coefficient (Wildman–Crippen LogP) is 3.48. The number of hydrogen-bond acceptors (Lipinski definition) is 5. The van der Waals surface area contributed by atoms with Crippen molar-refractivity contribution >= 4 is 11.3 Å². The smallest absolute Gasteiger partial charge is 0.120 e. The van der Waals surface area contributed by atoms with E-state index in [4.69, 9.17) is 4.42 Å². The van der Waals surface area contributed by atoms with Gasteiger partial charge in [0.25, 0.3) is 0 Å². The van der Waals surface area contributed by atoms with Crippen LogP contribution in [0.25, 0.3) is 0 Å². The van der Waals surface area contributed by atoms with Crippen LogP contribution < -0.4 is 5.32 Å². The van der Waals surface area contributed by atoms with Crippen LogP contribution in [0.3, 0.4) is 0 Å². The molecule has 0 aromatic carbocycles. The molecule has 2 heterocycles. The third-order valence-electron chi connectivity index (χ3n) is 3.43. The fourth-order valence-electron chi connectivity index (χ4n) is 2.19. The van der Waals surface area contributed by atoms with E-state index < -0.39 is 0 Å². The molecule has 0 aliphatic carbocycles. The largest absolute Gasteiger partial charge is 0.463 e. The molecular weight excluding hydrogens is 282 g/mol. The number of aromatic nitrogens is 1. The highest BCUT2D eigenvalue weighted by Gasteiger charge is 2.11. The summed E-state index contributed by atoms with van der Waals surface area (Å²) in [7, 11) is 2.11. The molecule has 2 aromatic rings. The van der Waals surface area contributed by atoms with Crippen LogP contribution in [0, 0.1) is 13.8 Å². The zero-order chi connectivity index (χ0) is 15.4. The Balaban J connectivity index is 1.93. The van der Waals surface area contributed by atoms with Crippen LogP contribution in [0.15, 0.2) is 16.0 Å². The molecule has 0 fully saturated rings. The monoisotopic (exact) mass is 307 g/mol. The van der Waals surface area contributed by atoms with Crippen molar-refractivity contribution in [2.75, 3.05) is 7.05 Å². The van der Waals surface area contributed by atoms with Gasteiger partial charge in [-0.25, -0.2) is 4.98 Å². The lowest BCUT2D eigenvalue weighted by molar-refractivity contribution is 0.283. The number of nitrogens with zero attached hydrogens (tertiary/aromatic N) is 2. The summed E-state index contributed by atoms with van der Waals surface area (Å²) in [5.41, 5.74) is 4.26. The van der Waals surface area contributed by atoms with Gasteiger partial charge in [0.15, 0.2) is 0 Å². The fourth-order valence-corrected chi connectivity index (χ4v) is 3.04. The lowest BCUT2D eigenvalue weighted by Crippen LogP contribution is -2.21. The molecule has 0 spiro atoms. The first-order valence-electron chi connectivity index (χ1n) is 7.34. The fraction of sp³-hybridized carbons (Fsp3) is 0.562. The van der Waals surface area contributed by atoms with E-state index in [0.29, 0.717) is 6.04 Å². The molecule has 0 bridgehead atoms. The van der Waals surface area contributed by atoms with Crippen molar-refractivity contribution < 1.29 is 4.42 Å². The molecule has 116 valence electrons. The van der Waals surface area contributed by atoms with Gasteiger partial charge < -0.3 is 9.73 Å². The van der Waals surface area contributed by atoms with Gasteiger partial charge in [-0.15, -0.1) is 11.3 Å². The summed E-state index contributed by atoms with van der Waals surface area (Å²) in [4.78, 5) is 7.88. The van der Waals surface area contributed by atoms with Crippen LogP contribution in [0.5, 0.6) is 0 Å². The van der Waals surface area contributed by atoms with Crippen LogP contribution in [-0.2, 0) is 19.6 Å². The molecule has 5 heteroatoms. The molecule has 0 radical (unpaired) electrons. The molecule has 0 amide bonds. The second-order valence-electron chi connectivity index (χ2n) is 5.89. The Morgan fingerprint density at radius 1 is 1.33 bits per heavy atom. The zero-order valence-electron chi connectivity index (χ0n) is 13.6. The number of furan rings is 1. The van der Waals surface area contributed by atoms with Gasteiger partial charge in [-0.3, -0.25) is 4.90 Å². The molecule has 0 aliphatic rings. The van der Waals surface area contributed by atoms with Crippen molar-refractivity contribution in [1.29, 1.82) is 0 Å². The van der Waals surface area contributed by atoms with E-state index >= 15 is 0 Å². The van der Waals surface area contributed by atoms with E-state index in [-0.39, 0.29) is 0 Å². The summed E-state index contributed by atoms with van der Waals surface area (Å²) in [6.07, 6.45) is 0. The van der Waals surface area contributed by atoms with E-state index in [1.165, 1.54) is 10.4 Å². The van der Waals surface area contributed by atoms with Crippen LogP contribution in [0.2, 0.25) is 0 Å². The quantitative estimate of drug-likeness (QED) is 0.850. The van der Waals surface area contributed by atoms with E-state index in [1.54, 1.807) is 11.3 Å². The molecule has 0 aliphatic heterocycles. The van der Waals surface area contributed by atoms with Gasteiger partial charge in [-0.1, -0.05) is 13.8 Å². The molecule has 0 unspecified atom stereocenters. The Hall–Kier alpha value is -1.17. The van der Waals surface area contributed by atoms with Crippen molar-refractivity contribution in [2.24, 2.45) is 0 Å². The van der Waals surface area contributed by atoms with Crippen LogP contribution >= 0.6 is 11.3 Å². The van der Waals surface area contributed by atoms with Gasteiger partial charge in [0.1, 0.15) is 11.5 Å². The Bertz CT molecular complexity index is 574. The minimum Gasteiger partial charge on any atom is -0.463 e. The first-order chi connectivity index (χ1) is 9.95. The van der Waals surface area contributed by atoms with Crippen LogP contribution in [0.4, 0.5) is 0 Å². The summed E-state index contributed by atoms with van der Waals surface area (Å²) in [5.74, 6) is 2.07. The van der Waals surface area contributed by atoms with Crippen molar-refractivity contribution in [3.8, 4) is 0 Å². The van der Waals surface area contributed by atoms with Crippen molar-refractivity contribution in [3.63, 3.8) is 0 Å². The number of hydrogen-bond donors (Lipinski definition) is 1. The molecule has 2 aromatic heterocycles. The first kappa shape index (κ1) is 16.2. The van der Waals surface area contributed by atoms with Crippen LogP contribution in [0.1, 0.15) is 41.5 Å². The Labute approximate surface area is 131 Å². The second-order valence-corrected chi connectivity index (χ2v) is 6.83. The molecule has 0 atom stereocenters. The predicted molar refractivity (Wildman–Crippen MR) is 87.4 cm³/mol. The van der Waals surface area contributed by atoms with E-state index in [9.17, 15) is 0 Å². The molecular formula is C16H25N3OS. The number of aryl methyl sites for hydroxylation is 2. The van der Waals surface area contributed by atoms with E-state index in [0.717, 1.165) is 36.8 Å². The van der Waals surface area contributed by atoms with Gasteiger partial charge in [0.2, 0.25) is 0 Å².